The number of thiazole rings is 1. The minimum Gasteiger partial charge on any atom is -0.396 e. The van der Waals surface area contributed by atoms with E-state index in [2.05, 4.69) is 4.98 Å². The van der Waals surface area contributed by atoms with Crippen LogP contribution in [-0.2, 0) is 0 Å². The number of hydrogen-bond acceptors (Lipinski definition) is 4. The predicted molar refractivity (Wildman–Crippen MR) is 58.4 cm³/mol. The number of nitrogens with zero attached hydrogens (tertiary/aromatic N) is 1. The molecule has 0 unspecified atom stereocenters. The first-order chi connectivity index (χ1) is 6.43. The first kappa shape index (κ1) is 11.0. The summed E-state index contributed by atoms with van der Waals surface area (Å²) in [4.78, 5) is 4.19. The Labute approximate surface area is 87.4 Å². The molecule has 0 aliphatic heterocycles. The lowest BCUT2D eigenvalue weighted by Crippen LogP contribution is -1.85. The summed E-state index contributed by atoms with van der Waals surface area (Å²) in [6.45, 7) is 0.333. The molecule has 0 spiro atoms. The highest BCUT2D eigenvalue weighted by atomic mass is 32.2. The normalized spacial score (nSPS) is 10.5. The van der Waals surface area contributed by atoms with Crippen molar-refractivity contribution in [2.45, 2.75) is 30.0 Å². The van der Waals surface area contributed by atoms with Gasteiger partial charge in [-0.05, 0) is 12.8 Å². The van der Waals surface area contributed by atoms with Crippen molar-refractivity contribution >= 4 is 23.1 Å². The van der Waals surface area contributed by atoms with E-state index in [0.29, 0.717) is 6.61 Å². The molecular formula is C9H15NOS2. The summed E-state index contributed by atoms with van der Waals surface area (Å²) in [5, 5.41) is 10.6. The molecular weight excluding hydrogens is 202 g/mol. The van der Waals surface area contributed by atoms with Gasteiger partial charge in [-0.3, -0.25) is 0 Å². The third-order valence-electron chi connectivity index (χ3n) is 1.69. The van der Waals surface area contributed by atoms with Gasteiger partial charge in [-0.1, -0.05) is 24.6 Å². The summed E-state index contributed by atoms with van der Waals surface area (Å²) in [5.41, 5.74) is 0. The molecule has 0 saturated heterocycles. The minimum absolute atomic E-state index is 0.333. The quantitative estimate of drug-likeness (QED) is 0.563. The van der Waals surface area contributed by atoms with Crippen molar-refractivity contribution in [2.24, 2.45) is 0 Å². The zero-order chi connectivity index (χ0) is 9.36. The van der Waals surface area contributed by atoms with Crippen LogP contribution < -0.4 is 0 Å². The summed E-state index contributed by atoms with van der Waals surface area (Å²) in [6.07, 6.45) is 6.39. The van der Waals surface area contributed by atoms with E-state index in [1.165, 1.54) is 17.2 Å². The first-order valence-corrected chi connectivity index (χ1v) is 6.43. The van der Waals surface area contributed by atoms with Gasteiger partial charge < -0.3 is 5.11 Å². The Morgan fingerprint density at radius 2 is 2.15 bits per heavy atom. The lowest BCUT2D eigenvalue weighted by Gasteiger charge is -1.97. The van der Waals surface area contributed by atoms with Crippen LogP contribution in [0.1, 0.15) is 25.7 Å². The molecule has 1 aromatic heterocycles. The van der Waals surface area contributed by atoms with Crippen molar-refractivity contribution in [2.75, 3.05) is 12.4 Å². The molecule has 74 valence electrons. The molecule has 0 bridgehead atoms. The average Bonchev–Trinajstić information content (AvgIpc) is 2.63. The van der Waals surface area contributed by atoms with Crippen LogP contribution >= 0.6 is 23.1 Å². The molecule has 0 amide bonds. The number of thioether (sulfide) groups is 1. The highest BCUT2D eigenvalue weighted by Crippen LogP contribution is 2.21. The molecule has 1 N–H and O–H groups in total. The van der Waals surface area contributed by atoms with Crippen LogP contribution in [0.2, 0.25) is 0 Å². The summed E-state index contributed by atoms with van der Waals surface area (Å²) in [6, 6.07) is 0. The SMILES string of the molecule is OCCCCCCSc1nccs1. The zero-order valence-corrected chi connectivity index (χ0v) is 9.24. The van der Waals surface area contributed by atoms with Crippen molar-refractivity contribution in [3.8, 4) is 0 Å². The summed E-state index contributed by atoms with van der Waals surface area (Å²) in [7, 11) is 0. The number of aliphatic hydroxyl groups is 1. The molecule has 0 atom stereocenters. The molecule has 1 rings (SSSR count). The van der Waals surface area contributed by atoms with E-state index in [0.717, 1.165) is 18.6 Å². The van der Waals surface area contributed by atoms with E-state index in [1.54, 1.807) is 11.3 Å². The lowest BCUT2D eigenvalue weighted by molar-refractivity contribution is 0.283. The Hall–Kier alpha value is -0.0600. The third-order valence-corrected chi connectivity index (χ3v) is 3.74. The zero-order valence-electron chi connectivity index (χ0n) is 7.61. The lowest BCUT2D eigenvalue weighted by atomic mass is 10.2. The first-order valence-electron chi connectivity index (χ1n) is 4.56. The fourth-order valence-corrected chi connectivity index (χ4v) is 2.72. The molecule has 4 heteroatoms. The van der Waals surface area contributed by atoms with E-state index >= 15 is 0 Å². The second-order valence-corrected chi connectivity index (χ2v) is 5.02. The van der Waals surface area contributed by atoms with Gasteiger partial charge >= 0.3 is 0 Å². The van der Waals surface area contributed by atoms with Crippen molar-refractivity contribution in [1.82, 2.24) is 4.98 Å². The second kappa shape index (κ2) is 7.35. The molecule has 0 aliphatic carbocycles. The summed E-state index contributed by atoms with van der Waals surface area (Å²) < 4.78 is 1.17. The van der Waals surface area contributed by atoms with Crippen LogP contribution in [0.25, 0.3) is 0 Å². The van der Waals surface area contributed by atoms with Crippen LogP contribution in [0.4, 0.5) is 0 Å². The van der Waals surface area contributed by atoms with Crippen LogP contribution in [0.15, 0.2) is 15.9 Å². The average molecular weight is 217 g/mol. The van der Waals surface area contributed by atoms with Gasteiger partial charge in [0.15, 0.2) is 0 Å². The highest BCUT2D eigenvalue weighted by Gasteiger charge is 1.95. The number of aliphatic hydroxyl groups excluding tert-OH is 1. The van der Waals surface area contributed by atoms with Gasteiger partial charge in [0.25, 0.3) is 0 Å². The Kier molecular flexibility index (Phi) is 6.23. The van der Waals surface area contributed by atoms with Crippen molar-refractivity contribution in [3.63, 3.8) is 0 Å². The maximum atomic E-state index is 8.56. The molecule has 2 nitrogen and oxygen atoms in total. The van der Waals surface area contributed by atoms with E-state index in [-0.39, 0.29) is 0 Å². The smallest absolute Gasteiger partial charge is 0.149 e. The molecule has 0 radical (unpaired) electrons. The predicted octanol–water partition coefficient (Wildman–Crippen LogP) is 2.79. The molecule has 0 aliphatic rings. The van der Waals surface area contributed by atoms with Gasteiger partial charge in [-0.2, -0.15) is 0 Å². The van der Waals surface area contributed by atoms with Gasteiger partial charge in [0.1, 0.15) is 4.34 Å². The maximum Gasteiger partial charge on any atom is 0.149 e. The molecule has 0 aromatic carbocycles. The highest BCUT2D eigenvalue weighted by molar-refractivity contribution is 8.00. The van der Waals surface area contributed by atoms with Gasteiger partial charge in [0, 0.05) is 23.9 Å². The number of unbranched alkanes of at least 4 members (excludes halogenated alkanes) is 3. The molecule has 1 heterocycles. The van der Waals surface area contributed by atoms with Crippen LogP contribution in [-0.4, -0.2) is 22.5 Å². The second-order valence-electron chi connectivity index (χ2n) is 2.78. The fourth-order valence-electron chi connectivity index (χ4n) is 1.01. The third kappa shape index (κ3) is 5.29. The van der Waals surface area contributed by atoms with E-state index in [1.807, 2.05) is 23.3 Å². The van der Waals surface area contributed by atoms with E-state index in [9.17, 15) is 0 Å². The Morgan fingerprint density at radius 3 is 2.85 bits per heavy atom. The molecule has 13 heavy (non-hydrogen) atoms. The van der Waals surface area contributed by atoms with Gasteiger partial charge in [0.05, 0.1) is 0 Å². The van der Waals surface area contributed by atoms with Crippen molar-refractivity contribution in [3.05, 3.63) is 11.6 Å². The Morgan fingerprint density at radius 1 is 1.31 bits per heavy atom. The van der Waals surface area contributed by atoms with Crippen molar-refractivity contribution < 1.29 is 5.11 Å². The standard InChI is InChI=1S/C9H15NOS2/c11-6-3-1-2-4-7-12-9-10-5-8-13-9/h5,8,11H,1-4,6-7H2. The van der Waals surface area contributed by atoms with Crippen LogP contribution in [0.3, 0.4) is 0 Å². The summed E-state index contributed by atoms with van der Waals surface area (Å²) in [5.74, 6) is 1.15. The molecule has 0 saturated carbocycles. The van der Waals surface area contributed by atoms with Crippen molar-refractivity contribution in [1.29, 1.82) is 0 Å². The van der Waals surface area contributed by atoms with E-state index in [4.69, 9.17) is 5.11 Å². The Balaban J connectivity index is 1.90. The number of rotatable bonds is 7. The Bertz CT molecular complexity index is 201. The van der Waals surface area contributed by atoms with Crippen LogP contribution in [0.5, 0.6) is 0 Å². The fraction of sp³-hybridized carbons (Fsp3) is 0.667. The number of aromatic nitrogens is 1. The summed E-state index contributed by atoms with van der Waals surface area (Å²) >= 11 is 3.53. The minimum atomic E-state index is 0.333. The van der Waals surface area contributed by atoms with Gasteiger partial charge in [-0.15, -0.1) is 11.3 Å². The number of hydrogen-bond donors (Lipinski definition) is 1. The maximum absolute atomic E-state index is 8.56. The van der Waals surface area contributed by atoms with Gasteiger partial charge in [0.2, 0.25) is 0 Å². The topological polar surface area (TPSA) is 33.1 Å². The monoisotopic (exact) mass is 217 g/mol. The van der Waals surface area contributed by atoms with E-state index < -0.39 is 0 Å². The van der Waals surface area contributed by atoms with Crippen LogP contribution in [0, 0.1) is 0 Å². The molecule has 0 fully saturated rings. The largest absolute Gasteiger partial charge is 0.396 e. The van der Waals surface area contributed by atoms with Gasteiger partial charge in [-0.25, -0.2) is 4.98 Å². The molecule has 1 aromatic rings.